The Labute approximate surface area is 152 Å². The molecule has 0 radical (unpaired) electrons. The van der Waals surface area contributed by atoms with Crippen molar-refractivity contribution in [3.05, 3.63) is 71.8 Å². The summed E-state index contributed by atoms with van der Waals surface area (Å²) in [6.07, 6.45) is 2.27. The van der Waals surface area contributed by atoms with Crippen molar-refractivity contribution in [2.24, 2.45) is 0 Å². The molecule has 1 amide bonds. The van der Waals surface area contributed by atoms with E-state index in [2.05, 4.69) is 69.0 Å². The molecule has 0 fully saturated rings. The van der Waals surface area contributed by atoms with Crippen LogP contribution in [0.1, 0.15) is 25.0 Å². The lowest BCUT2D eigenvalue weighted by atomic mass is 9.90. The zero-order chi connectivity index (χ0) is 18.2. The number of carbonyl (C=O) groups excluding carboxylic acids is 1. The third-order valence-electron chi connectivity index (χ3n) is 5.18. The van der Waals surface area contributed by atoms with Crippen LogP contribution < -0.4 is 5.19 Å². The van der Waals surface area contributed by atoms with Gasteiger partial charge in [0.1, 0.15) is 0 Å². The lowest BCUT2D eigenvalue weighted by molar-refractivity contribution is -0.131. The van der Waals surface area contributed by atoms with Crippen molar-refractivity contribution in [1.29, 1.82) is 0 Å². The highest BCUT2D eigenvalue weighted by Crippen LogP contribution is 2.39. The number of hydrogen-bond donors (Lipinski definition) is 0. The lowest BCUT2D eigenvalue weighted by Gasteiger charge is -2.34. The topological polar surface area (TPSA) is 20.3 Å². The second-order valence-electron chi connectivity index (χ2n) is 8.12. The molecule has 3 rings (SSSR count). The van der Waals surface area contributed by atoms with E-state index < -0.39 is 13.6 Å². The number of carbonyl (C=O) groups is 1. The standard InChI is InChI=1S/C22H27NOSi/c1-17(24)23-16-19(15-22(23,2)20-11-7-6-8-12-20)18-10-9-13-21(14-18)25(3,4)5/h6-15H,16H2,1-5H3. The number of nitrogens with zero attached hydrogens (tertiary/aromatic N) is 1. The maximum Gasteiger partial charge on any atom is 0.220 e. The minimum Gasteiger partial charge on any atom is -0.326 e. The van der Waals surface area contributed by atoms with Gasteiger partial charge in [-0.05, 0) is 29.7 Å². The molecule has 2 aromatic rings. The molecule has 1 aliphatic rings. The highest BCUT2D eigenvalue weighted by Gasteiger charge is 2.39. The third kappa shape index (κ3) is 3.34. The number of hydrogen-bond acceptors (Lipinski definition) is 1. The summed E-state index contributed by atoms with van der Waals surface area (Å²) in [6, 6.07) is 19.2. The van der Waals surface area contributed by atoms with Gasteiger partial charge >= 0.3 is 0 Å². The van der Waals surface area contributed by atoms with Crippen molar-refractivity contribution >= 4 is 24.7 Å². The molecule has 0 bridgehead atoms. The van der Waals surface area contributed by atoms with Gasteiger partial charge in [-0.15, -0.1) is 0 Å². The predicted molar refractivity (Wildman–Crippen MR) is 109 cm³/mol. The fourth-order valence-corrected chi connectivity index (χ4v) is 4.80. The van der Waals surface area contributed by atoms with E-state index in [1.165, 1.54) is 16.3 Å². The molecule has 1 atom stereocenters. The maximum absolute atomic E-state index is 12.3. The minimum atomic E-state index is -1.36. The van der Waals surface area contributed by atoms with Crippen molar-refractivity contribution in [2.45, 2.75) is 39.0 Å². The Morgan fingerprint density at radius 2 is 1.72 bits per heavy atom. The molecule has 0 saturated carbocycles. The Morgan fingerprint density at radius 3 is 2.32 bits per heavy atom. The molecule has 25 heavy (non-hydrogen) atoms. The zero-order valence-corrected chi connectivity index (χ0v) is 16.8. The van der Waals surface area contributed by atoms with Crippen LogP contribution in [0.5, 0.6) is 0 Å². The molecule has 3 heteroatoms. The second-order valence-corrected chi connectivity index (χ2v) is 13.2. The highest BCUT2D eigenvalue weighted by atomic mass is 28.3. The lowest BCUT2D eigenvalue weighted by Crippen LogP contribution is -2.42. The third-order valence-corrected chi connectivity index (χ3v) is 7.23. The number of rotatable bonds is 3. The quantitative estimate of drug-likeness (QED) is 0.753. The summed E-state index contributed by atoms with van der Waals surface area (Å²) in [7, 11) is -1.36. The molecule has 0 N–H and O–H groups in total. The van der Waals surface area contributed by atoms with E-state index in [0.29, 0.717) is 6.54 Å². The molecule has 2 aromatic carbocycles. The van der Waals surface area contributed by atoms with Gasteiger partial charge in [0.2, 0.25) is 5.91 Å². The Bertz CT molecular complexity index is 819. The van der Waals surface area contributed by atoms with Crippen LogP contribution in [0.15, 0.2) is 60.7 Å². The van der Waals surface area contributed by atoms with Crippen LogP contribution in [0.3, 0.4) is 0 Å². The summed E-state index contributed by atoms with van der Waals surface area (Å²) in [5, 5.41) is 1.45. The minimum absolute atomic E-state index is 0.110. The van der Waals surface area contributed by atoms with Gasteiger partial charge in [-0.1, -0.05) is 79.4 Å². The molecule has 0 saturated heterocycles. The molecule has 1 heterocycles. The van der Waals surface area contributed by atoms with Crippen molar-refractivity contribution in [3.8, 4) is 0 Å². The Balaban J connectivity index is 2.07. The maximum atomic E-state index is 12.3. The van der Waals surface area contributed by atoms with E-state index in [0.717, 1.165) is 5.56 Å². The molecular weight excluding hydrogens is 322 g/mol. The van der Waals surface area contributed by atoms with Crippen LogP contribution in [0.2, 0.25) is 19.6 Å². The molecular formula is C22H27NOSi. The Hall–Kier alpha value is -2.13. The van der Waals surface area contributed by atoms with Crippen LogP contribution in [0, 0.1) is 0 Å². The average Bonchev–Trinajstić information content (AvgIpc) is 2.94. The van der Waals surface area contributed by atoms with Gasteiger partial charge in [0.05, 0.1) is 13.6 Å². The summed E-state index contributed by atoms with van der Waals surface area (Å²) < 4.78 is 0. The van der Waals surface area contributed by atoms with Gasteiger partial charge in [0, 0.05) is 13.5 Å². The van der Waals surface area contributed by atoms with E-state index in [4.69, 9.17) is 0 Å². The van der Waals surface area contributed by atoms with E-state index in [1.54, 1.807) is 6.92 Å². The first kappa shape index (κ1) is 17.7. The van der Waals surface area contributed by atoms with Crippen molar-refractivity contribution in [3.63, 3.8) is 0 Å². The number of amides is 1. The molecule has 130 valence electrons. The van der Waals surface area contributed by atoms with Gasteiger partial charge < -0.3 is 4.90 Å². The Morgan fingerprint density at radius 1 is 1.04 bits per heavy atom. The SMILES string of the molecule is CC(=O)N1CC(c2cccc([Si](C)(C)C)c2)=CC1(C)c1ccccc1. The van der Waals surface area contributed by atoms with Crippen LogP contribution in [-0.4, -0.2) is 25.4 Å². The van der Waals surface area contributed by atoms with Crippen LogP contribution in [0.4, 0.5) is 0 Å². The first-order valence-electron chi connectivity index (χ1n) is 8.88. The molecule has 1 unspecified atom stereocenters. The summed E-state index contributed by atoms with van der Waals surface area (Å²) in [5.41, 5.74) is 3.24. The van der Waals surface area contributed by atoms with Crippen LogP contribution in [0.25, 0.3) is 5.57 Å². The van der Waals surface area contributed by atoms with Gasteiger partial charge in [-0.3, -0.25) is 4.79 Å². The molecule has 0 aliphatic carbocycles. The first-order chi connectivity index (χ1) is 11.7. The summed E-state index contributed by atoms with van der Waals surface area (Å²) in [4.78, 5) is 14.3. The van der Waals surface area contributed by atoms with Crippen LogP contribution in [-0.2, 0) is 10.3 Å². The highest BCUT2D eigenvalue weighted by molar-refractivity contribution is 6.88. The van der Waals surface area contributed by atoms with Gasteiger partial charge in [0.25, 0.3) is 0 Å². The van der Waals surface area contributed by atoms with Crippen molar-refractivity contribution < 1.29 is 4.79 Å². The van der Waals surface area contributed by atoms with Gasteiger partial charge in [-0.25, -0.2) is 0 Å². The molecule has 0 aromatic heterocycles. The van der Waals surface area contributed by atoms with E-state index in [1.807, 2.05) is 23.1 Å². The van der Waals surface area contributed by atoms with E-state index in [9.17, 15) is 4.79 Å². The van der Waals surface area contributed by atoms with Crippen molar-refractivity contribution in [2.75, 3.05) is 6.54 Å². The summed E-state index contributed by atoms with van der Waals surface area (Å²) >= 11 is 0. The summed E-state index contributed by atoms with van der Waals surface area (Å²) in [6.45, 7) is 11.6. The molecule has 0 spiro atoms. The van der Waals surface area contributed by atoms with Crippen molar-refractivity contribution in [1.82, 2.24) is 4.90 Å². The smallest absolute Gasteiger partial charge is 0.220 e. The summed E-state index contributed by atoms with van der Waals surface area (Å²) in [5.74, 6) is 0.110. The monoisotopic (exact) mass is 349 g/mol. The molecule has 1 aliphatic heterocycles. The average molecular weight is 350 g/mol. The normalized spacial score (nSPS) is 20.5. The first-order valence-corrected chi connectivity index (χ1v) is 12.4. The molecule has 2 nitrogen and oxygen atoms in total. The van der Waals surface area contributed by atoms with E-state index in [-0.39, 0.29) is 5.91 Å². The second kappa shape index (κ2) is 6.30. The van der Waals surface area contributed by atoms with Gasteiger partial charge in [-0.2, -0.15) is 0 Å². The number of benzene rings is 2. The predicted octanol–water partition coefficient (Wildman–Crippen LogP) is 4.39. The fourth-order valence-electron chi connectivity index (χ4n) is 3.61. The zero-order valence-electron chi connectivity index (χ0n) is 15.8. The van der Waals surface area contributed by atoms with Gasteiger partial charge in [0.15, 0.2) is 0 Å². The Kier molecular flexibility index (Phi) is 4.46. The van der Waals surface area contributed by atoms with Crippen LogP contribution >= 0.6 is 0 Å². The van der Waals surface area contributed by atoms with E-state index >= 15 is 0 Å². The largest absolute Gasteiger partial charge is 0.326 e. The fraction of sp³-hybridized carbons (Fsp3) is 0.318.